The maximum atomic E-state index is 13.1. The molecule has 2 amide bonds. The molecule has 134 valence electrons. The second-order valence-electron chi connectivity index (χ2n) is 8.23. The number of hydrogen-bond donors (Lipinski definition) is 2. The zero-order chi connectivity index (χ0) is 17.8. The molecule has 0 radical (unpaired) electrons. The summed E-state index contributed by atoms with van der Waals surface area (Å²) in [5.41, 5.74) is 1.07. The summed E-state index contributed by atoms with van der Waals surface area (Å²) < 4.78 is 0.983. The van der Waals surface area contributed by atoms with E-state index in [1.807, 2.05) is 38.1 Å². The summed E-state index contributed by atoms with van der Waals surface area (Å²) in [6, 6.07) is 7.73. The normalized spacial score (nSPS) is 31.4. The van der Waals surface area contributed by atoms with Crippen molar-refractivity contribution >= 4 is 33.4 Å². The third-order valence-corrected chi connectivity index (χ3v) is 7.02. The first-order valence-electron chi connectivity index (χ1n) is 9.29. The van der Waals surface area contributed by atoms with Crippen LogP contribution < -0.4 is 10.6 Å². The average molecular weight is 405 g/mol. The van der Waals surface area contributed by atoms with E-state index in [0.29, 0.717) is 11.8 Å². The van der Waals surface area contributed by atoms with Gasteiger partial charge in [0.15, 0.2) is 0 Å². The van der Waals surface area contributed by atoms with Gasteiger partial charge in [0.05, 0.1) is 11.8 Å². The fourth-order valence-electron chi connectivity index (χ4n) is 5.50. The number of rotatable bonds is 4. The molecule has 0 saturated heterocycles. The highest BCUT2D eigenvalue weighted by atomic mass is 79.9. The average Bonchev–Trinajstić information content (AvgIpc) is 3.22. The highest BCUT2D eigenvalue weighted by molar-refractivity contribution is 9.10. The Labute approximate surface area is 157 Å². The van der Waals surface area contributed by atoms with E-state index in [9.17, 15) is 9.59 Å². The van der Waals surface area contributed by atoms with Gasteiger partial charge in [-0.1, -0.05) is 15.9 Å². The Morgan fingerprint density at radius 1 is 1.04 bits per heavy atom. The highest BCUT2D eigenvalue weighted by Crippen LogP contribution is 2.74. The van der Waals surface area contributed by atoms with Crippen molar-refractivity contribution in [3.8, 4) is 0 Å². The zero-order valence-corrected chi connectivity index (χ0v) is 16.3. The molecule has 4 nitrogen and oxygen atoms in total. The fourth-order valence-corrected chi connectivity index (χ4v) is 5.77. The standard InChI is InChI=1S/C20H25BrN2O2/c1-11(2)22-18(24)16-14-7-8-15(20(14)9-10-20)17(16)19(25)23-13-5-3-12(21)4-6-13/h3-6,11,14-17H,7-10H2,1-2H3,(H,22,24)(H,23,25). The van der Waals surface area contributed by atoms with E-state index in [4.69, 9.17) is 0 Å². The van der Waals surface area contributed by atoms with Gasteiger partial charge in [0.2, 0.25) is 11.8 Å². The van der Waals surface area contributed by atoms with Gasteiger partial charge in [-0.25, -0.2) is 0 Å². The predicted octanol–water partition coefficient (Wildman–Crippen LogP) is 3.96. The van der Waals surface area contributed by atoms with Crippen LogP contribution >= 0.6 is 15.9 Å². The van der Waals surface area contributed by atoms with Gasteiger partial charge in [0.25, 0.3) is 0 Å². The molecule has 0 aromatic heterocycles. The number of anilines is 1. The van der Waals surface area contributed by atoms with Crippen molar-refractivity contribution in [1.82, 2.24) is 5.32 Å². The van der Waals surface area contributed by atoms with Gasteiger partial charge in [-0.05, 0) is 81.0 Å². The van der Waals surface area contributed by atoms with E-state index in [2.05, 4.69) is 26.6 Å². The van der Waals surface area contributed by atoms with Gasteiger partial charge in [-0.3, -0.25) is 9.59 Å². The van der Waals surface area contributed by atoms with Crippen molar-refractivity contribution in [3.05, 3.63) is 28.7 Å². The number of amides is 2. The summed E-state index contributed by atoms with van der Waals surface area (Å²) >= 11 is 3.41. The first-order chi connectivity index (χ1) is 11.9. The van der Waals surface area contributed by atoms with Crippen LogP contribution in [0.2, 0.25) is 0 Å². The highest BCUT2D eigenvalue weighted by Gasteiger charge is 2.71. The molecule has 0 heterocycles. The lowest BCUT2D eigenvalue weighted by Crippen LogP contribution is -2.44. The van der Waals surface area contributed by atoms with Crippen LogP contribution in [0.1, 0.15) is 39.5 Å². The smallest absolute Gasteiger partial charge is 0.228 e. The SMILES string of the molecule is CC(C)NC(=O)C1C(C(=O)Nc2ccc(Br)cc2)C2CCC1C21CC1. The Balaban J connectivity index is 1.58. The molecule has 25 heavy (non-hydrogen) atoms. The third kappa shape index (κ3) is 2.80. The Kier molecular flexibility index (Phi) is 4.18. The Morgan fingerprint density at radius 2 is 1.60 bits per heavy atom. The maximum absolute atomic E-state index is 13.1. The number of halogens is 1. The zero-order valence-electron chi connectivity index (χ0n) is 14.7. The van der Waals surface area contributed by atoms with Gasteiger partial charge in [-0.2, -0.15) is 0 Å². The number of hydrogen-bond acceptors (Lipinski definition) is 2. The predicted molar refractivity (Wildman–Crippen MR) is 101 cm³/mol. The largest absolute Gasteiger partial charge is 0.354 e. The molecule has 0 aliphatic heterocycles. The van der Waals surface area contributed by atoms with E-state index in [0.717, 1.165) is 23.0 Å². The summed E-state index contributed by atoms with van der Waals surface area (Å²) in [5, 5.41) is 6.13. The summed E-state index contributed by atoms with van der Waals surface area (Å²) in [7, 11) is 0. The van der Waals surface area contributed by atoms with Gasteiger partial charge < -0.3 is 10.6 Å². The lowest BCUT2D eigenvalue weighted by atomic mass is 9.78. The van der Waals surface area contributed by atoms with E-state index in [-0.39, 0.29) is 35.1 Å². The van der Waals surface area contributed by atoms with Crippen LogP contribution in [0.25, 0.3) is 0 Å². The second-order valence-corrected chi connectivity index (χ2v) is 9.15. The Hall–Kier alpha value is -1.36. The number of nitrogens with one attached hydrogen (secondary N) is 2. The molecule has 3 saturated carbocycles. The molecule has 1 aromatic carbocycles. The maximum Gasteiger partial charge on any atom is 0.228 e. The van der Waals surface area contributed by atoms with E-state index in [1.165, 1.54) is 12.8 Å². The molecule has 1 aromatic rings. The van der Waals surface area contributed by atoms with Crippen molar-refractivity contribution in [2.24, 2.45) is 29.1 Å². The fraction of sp³-hybridized carbons (Fsp3) is 0.600. The van der Waals surface area contributed by atoms with Gasteiger partial charge in [-0.15, -0.1) is 0 Å². The molecule has 3 aliphatic carbocycles. The van der Waals surface area contributed by atoms with Gasteiger partial charge >= 0.3 is 0 Å². The molecular formula is C20H25BrN2O2. The minimum absolute atomic E-state index is 0.0182. The van der Waals surface area contributed by atoms with Crippen LogP contribution in [0.3, 0.4) is 0 Å². The molecule has 4 unspecified atom stereocenters. The molecule has 3 aliphatic rings. The molecular weight excluding hydrogens is 380 g/mol. The van der Waals surface area contributed by atoms with Crippen LogP contribution in [-0.4, -0.2) is 17.9 Å². The third-order valence-electron chi connectivity index (χ3n) is 6.50. The topological polar surface area (TPSA) is 58.2 Å². The lowest BCUT2D eigenvalue weighted by molar-refractivity contribution is -0.134. The van der Waals surface area contributed by atoms with E-state index < -0.39 is 0 Å². The van der Waals surface area contributed by atoms with Crippen molar-refractivity contribution in [3.63, 3.8) is 0 Å². The number of carbonyl (C=O) groups excluding carboxylic acids is 2. The molecule has 2 bridgehead atoms. The van der Waals surface area contributed by atoms with E-state index >= 15 is 0 Å². The van der Waals surface area contributed by atoms with Crippen molar-refractivity contribution in [1.29, 1.82) is 0 Å². The minimum atomic E-state index is -0.191. The van der Waals surface area contributed by atoms with Crippen molar-refractivity contribution in [2.75, 3.05) is 5.32 Å². The number of benzene rings is 1. The second kappa shape index (κ2) is 6.11. The van der Waals surface area contributed by atoms with Crippen molar-refractivity contribution < 1.29 is 9.59 Å². The molecule has 2 N–H and O–H groups in total. The quantitative estimate of drug-likeness (QED) is 0.797. The molecule has 5 heteroatoms. The first-order valence-corrected chi connectivity index (χ1v) is 10.1. The summed E-state index contributed by atoms with van der Waals surface area (Å²) in [6.07, 6.45) is 4.57. The van der Waals surface area contributed by atoms with Crippen LogP contribution in [0.5, 0.6) is 0 Å². The summed E-state index contributed by atoms with van der Waals surface area (Å²) in [5.74, 6) is 0.490. The first kappa shape index (κ1) is 17.1. The van der Waals surface area contributed by atoms with Crippen molar-refractivity contribution in [2.45, 2.75) is 45.6 Å². The number of carbonyl (C=O) groups is 2. The summed E-state index contributed by atoms with van der Waals surface area (Å²) in [6.45, 7) is 3.96. The molecule has 4 atom stereocenters. The van der Waals surface area contributed by atoms with Crippen LogP contribution in [0, 0.1) is 29.1 Å². The van der Waals surface area contributed by atoms with Gasteiger partial charge in [0.1, 0.15) is 0 Å². The van der Waals surface area contributed by atoms with E-state index in [1.54, 1.807) is 0 Å². The van der Waals surface area contributed by atoms with Crippen LogP contribution in [-0.2, 0) is 9.59 Å². The Morgan fingerprint density at radius 3 is 2.12 bits per heavy atom. The Bertz CT molecular complexity index is 696. The summed E-state index contributed by atoms with van der Waals surface area (Å²) in [4.78, 5) is 26.0. The monoisotopic (exact) mass is 404 g/mol. The minimum Gasteiger partial charge on any atom is -0.354 e. The lowest BCUT2D eigenvalue weighted by Gasteiger charge is -2.29. The molecule has 4 rings (SSSR count). The van der Waals surface area contributed by atoms with Gasteiger partial charge in [0, 0.05) is 16.2 Å². The molecule has 1 spiro atoms. The van der Waals surface area contributed by atoms with Crippen LogP contribution in [0.4, 0.5) is 5.69 Å². The molecule has 3 fully saturated rings. The van der Waals surface area contributed by atoms with Crippen LogP contribution in [0.15, 0.2) is 28.7 Å².